The van der Waals surface area contributed by atoms with Gasteiger partial charge in [0, 0.05) is 22.7 Å². The molecule has 0 saturated carbocycles. The molecule has 2 N–H and O–H groups in total. The minimum atomic E-state index is -0.816. The van der Waals surface area contributed by atoms with Gasteiger partial charge < -0.3 is 10.1 Å². The number of ketones is 1. The molecule has 1 aliphatic heterocycles. The van der Waals surface area contributed by atoms with Crippen molar-refractivity contribution in [3.63, 3.8) is 0 Å². The second-order valence-corrected chi connectivity index (χ2v) is 11.3. The molecule has 1 fully saturated rings. The largest absolute Gasteiger partial charge is 0.507 e. The lowest BCUT2D eigenvalue weighted by molar-refractivity contribution is -0.132. The van der Waals surface area contributed by atoms with E-state index >= 15 is 0 Å². The number of aliphatic hydroxyl groups excluding tert-OH is 1. The van der Waals surface area contributed by atoms with E-state index in [2.05, 4.69) is 30.7 Å². The molecule has 1 atom stereocenters. The number of hydrogen-bond acceptors (Lipinski definition) is 5. The molecule has 0 aliphatic carbocycles. The Labute approximate surface area is 217 Å². The molecule has 3 aromatic carbocycles. The van der Waals surface area contributed by atoms with Crippen LogP contribution in [0.25, 0.3) is 26.9 Å². The summed E-state index contributed by atoms with van der Waals surface area (Å²) in [6.45, 7) is 6.39. The fourth-order valence-electron chi connectivity index (χ4n) is 4.89. The minimum Gasteiger partial charge on any atom is -0.507 e. The summed E-state index contributed by atoms with van der Waals surface area (Å²) in [7, 11) is 0. The van der Waals surface area contributed by atoms with Crippen LogP contribution >= 0.6 is 11.3 Å². The fourth-order valence-corrected chi connectivity index (χ4v) is 5.88. The molecule has 1 aliphatic rings. The number of thiazole rings is 1. The second-order valence-electron chi connectivity index (χ2n) is 10.3. The lowest BCUT2D eigenvalue weighted by Crippen LogP contribution is -2.29. The zero-order valence-electron chi connectivity index (χ0n) is 20.6. The Bertz CT molecular complexity index is 1690. The van der Waals surface area contributed by atoms with Crippen molar-refractivity contribution in [2.45, 2.75) is 32.2 Å². The number of H-pyrrole nitrogens is 1. The third-order valence-corrected chi connectivity index (χ3v) is 7.91. The Kier molecular flexibility index (Phi) is 5.28. The smallest absolute Gasteiger partial charge is 0.301 e. The minimum absolute atomic E-state index is 0.0533. The Morgan fingerprint density at radius 3 is 2.41 bits per heavy atom. The molecule has 2 aromatic heterocycles. The average Bonchev–Trinajstić information content (AvgIpc) is 3.57. The van der Waals surface area contributed by atoms with E-state index in [4.69, 9.17) is 0 Å². The highest BCUT2D eigenvalue weighted by atomic mass is 32.1. The van der Waals surface area contributed by atoms with Crippen LogP contribution in [-0.4, -0.2) is 26.8 Å². The normalized spacial score (nSPS) is 17.8. The topological polar surface area (TPSA) is 86.3 Å². The molecule has 7 heteroatoms. The van der Waals surface area contributed by atoms with E-state index in [1.165, 1.54) is 16.2 Å². The summed E-state index contributed by atoms with van der Waals surface area (Å²) in [5, 5.41) is 12.8. The summed E-state index contributed by atoms with van der Waals surface area (Å²) >= 11 is 1.35. The standard InChI is InChI=1S/C30H25N3O3S/c1-30(2,3)18-14-12-17(13-15-18)25-24(26(34)20-16-31-21-9-5-4-8-19(20)21)27(35)28(36)33(25)29-32-22-10-6-7-11-23(22)37-29/h4-16,25,31,34H,1-3H3/b26-24+. The van der Waals surface area contributed by atoms with Crippen LogP contribution in [0, 0.1) is 0 Å². The Balaban J connectivity index is 1.58. The van der Waals surface area contributed by atoms with Gasteiger partial charge in [-0.05, 0) is 34.7 Å². The van der Waals surface area contributed by atoms with Gasteiger partial charge in [0.2, 0.25) is 0 Å². The molecular weight excluding hydrogens is 482 g/mol. The second kappa shape index (κ2) is 8.42. The zero-order valence-corrected chi connectivity index (χ0v) is 21.5. The van der Waals surface area contributed by atoms with Crippen LogP contribution in [0.15, 0.2) is 84.6 Å². The molecule has 6 rings (SSSR count). The number of aromatic nitrogens is 2. The molecule has 3 heterocycles. The van der Waals surface area contributed by atoms with E-state index in [-0.39, 0.29) is 16.7 Å². The van der Waals surface area contributed by atoms with Crippen molar-refractivity contribution in [2.24, 2.45) is 0 Å². The van der Waals surface area contributed by atoms with Crippen LogP contribution in [0.5, 0.6) is 0 Å². The number of nitrogens with one attached hydrogen (secondary N) is 1. The molecule has 5 aromatic rings. The van der Waals surface area contributed by atoms with Gasteiger partial charge in [-0.15, -0.1) is 0 Å². The van der Waals surface area contributed by atoms with Crippen LogP contribution in [-0.2, 0) is 15.0 Å². The summed E-state index contributed by atoms with van der Waals surface area (Å²) in [4.78, 5) is 36.3. The molecule has 0 spiro atoms. The van der Waals surface area contributed by atoms with E-state index < -0.39 is 17.7 Å². The van der Waals surface area contributed by atoms with Crippen LogP contribution < -0.4 is 4.90 Å². The first-order chi connectivity index (χ1) is 17.7. The molecular formula is C30H25N3O3S. The Hall–Kier alpha value is -4.23. The molecule has 6 nitrogen and oxygen atoms in total. The van der Waals surface area contributed by atoms with Crippen molar-refractivity contribution in [3.8, 4) is 0 Å². The number of anilines is 1. The summed E-state index contributed by atoms with van der Waals surface area (Å²) in [6.07, 6.45) is 1.67. The summed E-state index contributed by atoms with van der Waals surface area (Å²) in [6, 6.07) is 22.2. The maximum atomic E-state index is 13.5. The number of nitrogens with zero attached hydrogens (tertiary/aromatic N) is 2. The fraction of sp³-hybridized carbons (Fsp3) is 0.167. The predicted octanol–water partition coefficient (Wildman–Crippen LogP) is 6.70. The summed E-state index contributed by atoms with van der Waals surface area (Å²) in [5.74, 6) is -1.64. The third kappa shape index (κ3) is 3.74. The van der Waals surface area contributed by atoms with Gasteiger partial charge in [0.25, 0.3) is 5.78 Å². The SMILES string of the molecule is CC(C)(C)c1ccc(C2/C(=C(\O)c3c[nH]c4ccccc34)C(=O)C(=O)N2c2nc3ccccc3s2)cc1. The predicted molar refractivity (Wildman–Crippen MR) is 148 cm³/mol. The van der Waals surface area contributed by atoms with Crippen LogP contribution in [0.3, 0.4) is 0 Å². The Morgan fingerprint density at radius 1 is 0.973 bits per heavy atom. The highest BCUT2D eigenvalue weighted by Gasteiger charge is 2.48. The first-order valence-electron chi connectivity index (χ1n) is 12.1. The van der Waals surface area contributed by atoms with Gasteiger partial charge in [-0.3, -0.25) is 14.5 Å². The molecule has 184 valence electrons. The number of aromatic amines is 1. The number of para-hydroxylation sites is 2. The van der Waals surface area contributed by atoms with E-state index in [1.807, 2.05) is 72.8 Å². The van der Waals surface area contributed by atoms with Crippen LogP contribution in [0.2, 0.25) is 0 Å². The van der Waals surface area contributed by atoms with Gasteiger partial charge in [0.1, 0.15) is 5.76 Å². The van der Waals surface area contributed by atoms with Crippen LogP contribution in [0.1, 0.15) is 43.5 Å². The van der Waals surface area contributed by atoms with Crippen molar-refractivity contribution in [1.82, 2.24) is 9.97 Å². The molecule has 1 unspecified atom stereocenters. The summed E-state index contributed by atoms with van der Waals surface area (Å²) in [5.41, 5.74) is 3.92. The van der Waals surface area contributed by atoms with Gasteiger partial charge in [0.05, 0.1) is 21.8 Å². The van der Waals surface area contributed by atoms with Crippen molar-refractivity contribution in [1.29, 1.82) is 0 Å². The van der Waals surface area contributed by atoms with E-state index in [0.29, 0.717) is 10.7 Å². The molecule has 0 bridgehead atoms. The van der Waals surface area contributed by atoms with E-state index in [1.54, 1.807) is 6.20 Å². The molecule has 0 radical (unpaired) electrons. The number of amides is 1. The maximum absolute atomic E-state index is 13.5. The third-order valence-electron chi connectivity index (χ3n) is 6.87. The van der Waals surface area contributed by atoms with Crippen molar-refractivity contribution in [2.75, 3.05) is 4.90 Å². The zero-order chi connectivity index (χ0) is 25.9. The van der Waals surface area contributed by atoms with E-state index in [9.17, 15) is 14.7 Å². The van der Waals surface area contributed by atoms with Gasteiger partial charge in [-0.25, -0.2) is 4.98 Å². The lowest BCUT2D eigenvalue weighted by Gasteiger charge is -2.24. The van der Waals surface area contributed by atoms with Gasteiger partial charge in [-0.2, -0.15) is 0 Å². The van der Waals surface area contributed by atoms with Gasteiger partial charge in [-0.1, -0.05) is 86.7 Å². The molecule has 1 saturated heterocycles. The number of Topliss-reactive ketones (excluding diaryl/α,β-unsaturated/α-hetero) is 1. The number of hydrogen-bond donors (Lipinski definition) is 2. The lowest BCUT2D eigenvalue weighted by atomic mass is 9.85. The quantitative estimate of drug-likeness (QED) is 0.162. The monoisotopic (exact) mass is 507 g/mol. The van der Waals surface area contributed by atoms with Gasteiger partial charge >= 0.3 is 5.91 Å². The maximum Gasteiger partial charge on any atom is 0.301 e. The van der Waals surface area contributed by atoms with Crippen molar-refractivity contribution in [3.05, 3.63) is 101 Å². The number of carbonyl (C=O) groups excluding carboxylic acids is 2. The number of benzene rings is 3. The Morgan fingerprint density at radius 2 is 1.68 bits per heavy atom. The first kappa shape index (κ1) is 23.2. The first-order valence-corrected chi connectivity index (χ1v) is 12.9. The molecule has 1 amide bonds. The highest BCUT2D eigenvalue weighted by molar-refractivity contribution is 7.22. The number of fused-ring (bicyclic) bond motifs is 2. The highest BCUT2D eigenvalue weighted by Crippen LogP contribution is 2.45. The van der Waals surface area contributed by atoms with Crippen molar-refractivity contribution >= 4 is 55.0 Å². The molecule has 37 heavy (non-hydrogen) atoms. The summed E-state index contributed by atoms with van der Waals surface area (Å²) < 4.78 is 0.915. The van der Waals surface area contributed by atoms with Crippen LogP contribution in [0.4, 0.5) is 5.13 Å². The van der Waals surface area contributed by atoms with E-state index in [0.717, 1.165) is 32.2 Å². The number of aliphatic hydroxyl groups is 1. The number of rotatable bonds is 3. The number of carbonyl (C=O) groups is 2. The average molecular weight is 508 g/mol. The van der Waals surface area contributed by atoms with Crippen molar-refractivity contribution < 1.29 is 14.7 Å². The van der Waals surface area contributed by atoms with Gasteiger partial charge in [0.15, 0.2) is 5.13 Å².